The molecule has 1 amide bonds. The molecule has 3 rings (SSSR count). The molecule has 26 heavy (non-hydrogen) atoms. The molecule has 2 heterocycles. The van der Waals surface area contributed by atoms with Crippen molar-refractivity contribution in [1.82, 2.24) is 20.0 Å². The van der Waals surface area contributed by atoms with Gasteiger partial charge in [-0.2, -0.15) is 5.10 Å². The Hall–Kier alpha value is -3.01. The molecule has 0 atom stereocenters. The first-order chi connectivity index (χ1) is 12.2. The minimum absolute atomic E-state index is 0.0774. The van der Waals surface area contributed by atoms with Gasteiger partial charge in [0.2, 0.25) is 0 Å². The Labute approximate surface area is 150 Å². The Morgan fingerprint density at radius 2 is 2.04 bits per heavy atom. The van der Waals surface area contributed by atoms with Gasteiger partial charge in [-0.05, 0) is 31.5 Å². The van der Waals surface area contributed by atoms with E-state index < -0.39 is 15.7 Å². The van der Waals surface area contributed by atoms with Gasteiger partial charge in [0.15, 0.2) is 15.5 Å². The summed E-state index contributed by atoms with van der Waals surface area (Å²) in [4.78, 5) is 12.0. The summed E-state index contributed by atoms with van der Waals surface area (Å²) in [7, 11) is -3.45. The zero-order valence-electron chi connectivity index (χ0n) is 14.5. The fourth-order valence-electron chi connectivity index (χ4n) is 2.68. The zero-order valence-corrected chi connectivity index (χ0v) is 15.3. The highest BCUT2D eigenvalue weighted by atomic mass is 32.2. The number of benzene rings is 1. The first-order valence-corrected chi connectivity index (χ1v) is 9.71. The molecule has 0 saturated carbocycles. The van der Waals surface area contributed by atoms with Gasteiger partial charge in [-0.25, -0.2) is 13.1 Å². The summed E-state index contributed by atoms with van der Waals surface area (Å²) in [6, 6.07) is 4.72. The van der Waals surface area contributed by atoms with E-state index in [2.05, 4.69) is 20.6 Å². The number of aromatic nitrogens is 4. The molecular formula is C16H18N6O3S. The maximum atomic E-state index is 12.0. The van der Waals surface area contributed by atoms with Crippen molar-refractivity contribution in [3.63, 3.8) is 0 Å². The number of rotatable bonds is 5. The second-order valence-electron chi connectivity index (χ2n) is 5.85. The van der Waals surface area contributed by atoms with Gasteiger partial charge in [0.1, 0.15) is 5.82 Å². The van der Waals surface area contributed by atoms with Gasteiger partial charge in [-0.3, -0.25) is 4.79 Å². The number of amides is 1. The maximum absolute atomic E-state index is 12.0. The number of fused-ring (bicyclic) bond motifs is 1. The van der Waals surface area contributed by atoms with Crippen molar-refractivity contribution in [2.75, 3.05) is 11.6 Å². The normalized spacial score (nSPS) is 11.7. The van der Waals surface area contributed by atoms with Crippen molar-refractivity contribution in [3.8, 4) is 0 Å². The van der Waals surface area contributed by atoms with Gasteiger partial charge in [0, 0.05) is 24.3 Å². The van der Waals surface area contributed by atoms with Gasteiger partial charge >= 0.3 is 0 Å². The van der Waals surface area contributed by atoms with Crippen LogP contribution in [-0.4, -0.2) is 40.6 Å². The summed E-state index contributed by atoms with van der Waals surface area (Å²) < 4.78 is 25.7. The topological polar surface area (TPSA) is 133 Å². The van der Waals surface area contributed by atoms with Crippen LogP contribution < -0.4 is 11.1 Å². The van der Waals surface area contributed by atoms with Gasteiger partial charge in [-0.1, -0.05) is 0 Å². The van der Waals surface area contributed by atoms with Crippen LogP contribution in [0.2, 0.25) is 0 Å². The summed E-state index contributed by atoms with van der Waals surface area (Å²) in [5, 5.41) is 15.7. The van der Waals surface area contributed by atoms with Gasteiger partial charge < -0.3 is 11.1 Å². The minimum Gasteiger partial charge on any atom is -0.364 e. The van der Waals surface area contributed by atoms with Crippen molar-refractivity contribution in [2.24, 2.45) is 5.73 Å². The number of hydrogen-bond acceptors (Lipinski definition) is 7. The fraction of sp³-hybridized carbons (Fsp3) is 0.250. The summed E-state index contributed by atoms with van der Waals surface area (Å²) in [6.07, 6.45) is 2.73. The Morgan fingerprint density at radius 1 is 1.31 bits per heavy atom. The number of carbonyl (C=O) groups is 1. The molecule has 0 aliphatic carbocycles. The molecular weight excluding hydrogens is 356 g/mol. The molecule has 0 aliphatic rings. The molecule has 0 bridgehead atoms. The minimum atomic E-state index is -3.45. The van der Waals surface area contributed by atoms with E-state index in [-0.39, 0.29) is 10.6 Å². The van der Waals surface area contributed by atoms with E-state index >= 15 is 0 Å². The fourth-order valence-corrected chi connectivity index (χ4v) is 3.40. The molecule has 10 heteroatoms. The molecule has 3 aromatic rings. The van der Waals surface area contributed by atoms with Crippen molar-refractivity contribution in [1.29, 1.82) is 0 Å². The van der Waals surface area contributed by atoms with Crippen LogP contribution in [0.15, 0.2) is 29.3 Å². The average molecular weight is 374 g/mol. The van der Waals surface area contributed by atoms with E-state index in [9.17, 15) is 13.2 Å². The number of hydrogen-bond donors (Lipinski definition) is 2. The van der Waals surface area contributed by atoms with Gasteiger partial charge in [0.25, 0.3) is 5.91 Å². The number of carbonyl (C=O) groups excluding carboxylic acids is 1. The number of primary amides is 1. The smallest absolute Gasteiger partial charge is 0.271 e. The van der Waals surface area contributed by atoms with E-state index in [4.69, 9.17) is 5.73 Å². The third-order valence-electron chi connectivity index (χ3n) is 3.96. The third kappa shape index (κ3) is 3.10. The lowest BCUT2D eigenvalue weighted by Crippen LogP contribution is -2.17. The van der Waals surface area contributed by atoms with Gasteiger partial charge in [0.05, 0.1) is 22.3 Å². The van der Waals surface area contributed by atoms with Crippen LogP contribution >= 0.6 is 0 Å². The van der Waals surface area contributed by atoms with Crippen LogP contribution in [0.1, 0.15) is 23.0 Å². The molecule has 9 nitrogen and oxygen atoms in total. The molecule has 136 valence electrons. The molecule has 3 N–H and O–H groups in total. The average Bonchev–Trinajstić information content (AvgIpc) is 3.01. The molecule has 1 aromatic carbocycles. The molecule has 2 aromatic heterocycles. The van der Waals surface area contributed by atoms with E-state index in [1.807, 2.05) is 6.92 Å². The van der Waals surface area contributed by atoms with Crippen molar-refractivity contribution >= 4 is 38.2 Å². The first-order valence-electron chi connectivity index (χ1n) is 7.82. The monoisotopic (exact) mass is 374 g/mol. The van der Waals surface area contributed by atoms with Crippen LogP contribution in [0.5, 0.6) is 0 Å². The number of anilines is 2. The largest absolute Gasteiger partial charge is 0.364 e. The molecule has 0 saturated heterocycles. The van der Waals surface area contributed by atoms with Crippen molar-refractivity contribution < 1.29 is 13.2 Å². The van der Waals surface area contributed by atoms with E-state index in [0.29, 0.717) is 34.5 Å². The summed E-state index contributed by atoms with van der Waals surface area (Å²) in [6.45, 7) is 4.25. The number of aryl methyl sites for hydroxylation is 2. The number of nitrogens with zero attached hydrogens (tertiary/aromatic N) is 4. The van der Waals surface area contributed by atoms with Crippen LogP contribution in [-0.2, 0) is 16.4 Å². The molecule has 0 spiro atoms. The van der Waals surface area contributed by atoms with Crippen LogP contribution in [0.4, 0.5) is 11.5 Å². The van der Waals surface area contributed by atoms with Crippen LogP contribution in [0.25, 0.3) is 10.9 Å². The predicted molar refractivity (Wildman–Crippen MR) is 97.1 cm³/mol. The zero-order chi connectivity index (χ0) is 19.1. The Morgan fingerprint density at radius 3 is 2.65 bits per heavy atom. The summed E-state index contributed by atoms with van der Waals surface area (Å²) >= 11 is 0. The number of nitrogens with two attached hydrogens (primary N) is 1. The lowest BCUT2D eigenvalue weighted by Gasteiger charge is -2.14. The number of sulfone groups is 1. The lowest BCUT2D eigenvalue weighted by molar-refractivity contribution is 0.0995. The van der Waals surface area contributed by atoms with E-state index in [0.717, 1.165) is 6.26 Å². The molecule has 0 unspecified atom stereocenters. The first kappa shape index (κ1) is 17.8. The molecule has 0 radical (unpaired) electrons. The van der Waals surface area contributed by atoms with E-state index in [1.54, 1.807) is 23.9 Å². The quantitative estimate of drug-likeness (QED) is 0.689. The lowest BCUT2D eigenvalue weighted by atomic mass is 10.1. The second kappa shape index (κ2) is 6.37. The van der Waals surface area contributed by atoms with E-state index in [1.165, 1.54) is 12.1 Å². The second-order valence-corrected chi connectivity index (χ2v) is 7.87. The maximum Gasteiger partial charge on any atom is 0.271 e. The Balaban J connectivity index is 2.34. The Bertz CT molecular complexity index is 1120. The molecule has 0 aliphatic heterocycles. The highest BCUT2D eigenvalue weighted by Crippen LogP contribution is 2.31. The highest BCUT2D eigenvalue weighted by Gasteiger charge is 2.20. The summed E-state index contributed by atoms with van der Waals surface area (Å²) in [5.41, 5.74) is 6.77. The highest BCUT2D eigenvalue weighted by molar-refractivity contribution is 7.90. The SMILES string of the molecule is CCn1nccc1Nc1c(C(N)=O)nnc2c(C)cc(S(C)(=O)=O)cc12. The standard InChI is InChI=1S/C16H18N6O3S/c1-4-22-12(5-6-18-22)19-14-11-8-10(26(3,24)25)7-9(2)13(11)20-21-15(14)16(17)23/h5-8H,4H2,1-3H3,(H2,17,23)(H,19,20). The van der Waals surface area contributed by atoms with Crippen LogP contribution in [0.3, 0.4) is 0 Å². The third-order valence-corrected chi connectivity index (χ3v) is 5.05. The van der Waals surface area contributed by atoms with Crippen molar-refractivity contribution in [3.05, 3.63) is 35.7 Å². The van der Waals surface area contributed by atoms with Crippen molar-refractivity contribution in [2.45, 2.75) is 25.3 Å². The molecule has 0 fully saturated rings. The van der Waals surface area contributed by atoms with Crippen LogP contribution in [0, 0.1) is 6.92 Å². The van der Waals surface area contributed by atoms with Gasteiger partial charge in [-0.15, -0.1) is 10.2 Å². The predicted octanol–water partition coefficient (Wildman–Crippen LogP) is 1.40. The summed E-state index contributed by atoms with van der Waals surface area (Å²) in [5.74, 6) is -0.154. The number of nitrogens with one attached hydrogen (secondary N) is 1. The Kier molecular flexibility index (Phi) is 4.36.